The molecule has 5 heteroatoms. The molecule has 1 aliphatic heterocycles. The van der Waals surface area contributed by atoms with E-state index < -0.39 is 5.54 Å². The third-order valence-electron chi connectivity index (χ3n) is 3.79. The van der Waals surface area contributed by atoms with Gasteiger partial charge in [-0.3, -0.25) is 9.69 Å². The molecule has 1 fully saturated rings. The molecule has 1 aliphatic rings. The van der Waals surface area contributed by atoms with Crippen LogP contribution >= 0.6 is 0 Å². The lowest BCUT2D eigenvalue weighted by Gasteiger charge is -2.34. The van der Waals surface area contributed by atoms with Crippen LogP contribution in [0.2, 0.25) is 0 Å². The number of likely N-dealkylation sites (N-methyl/N-ethyl adjacent to an activating group) is 1. The number of carbonyl (C=O) groups excluding carboxylic acids is 1. The predicted molar refractivity (Wildman–Crippen MR) is 79.0 cm³/mol. The lowest BCUT2D eigenvalue weighted by Crippen LogP contribution is -2.56. The average Bonchev–Trinajstić information content (AvgIpc) is 2.32. The standard InChI is InChI=1S/C14H30N4O/c1-5-6-14(3,15)13(19)16-12(2)11-18-9-7-17(4)8-10-18/h12H,5-11,15H2,1-4H3,(H,16,19). The van der Waals surface area contributed by atoms with E-state index in [4.69, 9.17) is 5.73 Å². The minimum Gasteiger partial charge on any atom is -0.351 e. The van der Waals surface area contributed by atoms with Gasteiger partial charge in [0, 0.05) is 38.8 Å². The second kappa shape index (κ2) is 7.22. The number of nitrogens with one attached hydrogen (secondary N) is 1. The summed E-state index contributed by atoms with van der Waals surface area (Å²) in [5.74, 6) is -0.0315. The van der Waals surface area contributed by atoms with Gasteiger partial charge < -0.3 is 16.0 Å². The highest BCUT2D eigenvalue weighted by Crippen LogP contribution is 2.09. The molecule has 112 valence electrons. The number of carbonyl (C=O) groups is 1. The first-order chi connectivity index (χ1) is 8.85. The first kappa shape index (κ1) is 16.4. The third-order valence-corrected chi connectivity index (χ3v) is 3.79. The van der Waals surface area contributed by atoms with Gasteiger partial charge in [-0.25, -0.2) is 0 Å². The van der Waals surface area contributed by atoms with Crippen LogP contribution in [0.1, 0.15) is 33.6 Å². The van der Waals surface area contributed by atoms with Crippen molar-refractivity contribution in [3.63, 3.8) is 0 Å². The van der Waals surface area contributed by atoms with Crippen LogP contribution < -0.4 is 11.1 Å². The maximum atomic E-state index is 12.1. The molecule has 0 aromatic rings. The normalized spacial score (nSPS) is 22.8. The zero-order valence-corrected chi connectivity index (χ0v) is 12.9. The number of hydrogen-bond donors (Lipinski definition) is 2. The number of amides is 1. The highest BCUT2D eigenvalue weighted by atomic mass is 16.2. The Morgan fingerprint density at radius 3 is 2.47 bits per heavy atom. The number of hydrogen-bond acceptors (Lipinski definition) is 4. The summed E-state index contributed by atoms with van der Waals surface area (Å²) in [5, 5.41) is 3.04. The average molecular weight is 270 g/mol. The molecular formula is C14H30N4O. The molecule has 1 rings (SSSR count). The molecule has 3 N–H and O–H groups in total. The van der Waals surface area contributed by atoms with Crippen molar-refractivity contribution < 1.29 is 4.79 Å². The van der Waals surface area contributed by atoms with Gasteiger partial charge in [0.05, 0.1) is 5.54 Å². The fourth-order valence-electron chi connectivity index (χ4n) is 2.48. The second-order valence-electron chi connectivity index (χ2n) is 6.15. The summed E-state index contributed by atoms with van der Waals surface area (Å²) in [4.78, 5) is 16.8. The summed E-state index contributed by atoms with van der Waals surface area (Å²) < 4.78 is 0. The summed E-state index contributed by atoms with van der Waals surface area (Å²) in [7, 11) is 2.15. The van der Waals surface area contributed by atoms with Crippen LogP contribution in [0.5, 0.6) is 0 Å². The van der Waals surface area contributed by atoms with Gasteiger partial charge >= 0.3 is 0 Å². The minimum atomic E-state index is -0.745. The Balaban J connectivity index is 2.34. The van der Waals surface area contributed by atoms with Crippen molar-refractivity contribution >= 4 is 5.91 Å². The summed E-state index contributed by atoms with van der Waals surface area (Å²) >= 11 is 0. The fourth-order valence-corrected chi connectivity index (χ4v) is 2.48. The molecule has 2 atom stereocenters. The Morgan fingerprint density at radius 1 is 1.37 bits per heavy atom. The third kappa shape index (κ3) is 5.47. The van der Waals surface area contributed by atoms with Crippen molar-refractivity contribution in [3.8, 4) is 0 Å². The van der Waals surface area contributed by atoms with Gasteiger partial charge in [0.15, 0.2) is 0 Å². The van der Waals surface area contributed by atoms with Crippen LogP contribution in [0.25, 0.3) is 0 Å². The maximum absolute atomic E-state index is 12.1. The molecule has 0 aromatic carbocycles. The van der Waals surface area contributed by atoms with Gasteiger partial charge in [-0.15, -0.1) is 0 Å². The molecule has 1 amide bonds. The Bertz CT molecular complexity index is 285. The molecule has 0 saturated carbocycles. The van der Waals surface area contributed by atoms with E-state index in [9.17, 15) is 4.79 Å². The smallest absolute Gasteiger partial charge is 0.240 e. The topological polar surface area (TPSA) is 61.6 Å². The molecule has 0 radical (unpaired) electrons. The zero-order chi connectivity index (χ0) is 14.5. The summed E-state index contributed by atoms with van der Waals surface area (Å²) in [6.45, 7) is 11.2. The van der Waals surface area contributed by atoms with Crippen molar-refractivity contribution in [1.29, 1.82) is 0 Å². The molecule has 5 nitrogen and oxygen atoms in total. The van der Waals surface area contributed by atoms with E-state index in [1.807, 2.05) is 13.8 Å². The molecule has 0 spiro atoms. The van der Waals surface area contributed by atoms with Crippen LogP contribution in [0.4, 0.5) is 0 Å². The summed E-state index contributed by atoms with van der Waals surface area (Å²) in [6, 6.07) is 0.149. The number of piperazine rings is 1. The molecule has 0 aliphatic carbocycles. The van der Waals surface area contributed by atoms with Crippen LogP contribution in [-0.4, -0.2) is 67.1 Å². The van der Waals surface area contributed by atoms with Crippen molar-refractivity contribution in [2.45, 2.75) is 45.2 Å². The molecule has 1 heterocycles. The SMILES string of the molecule is CCCC(C)(N)C(=O)NC(C)CN1CCN(C)CC1. The number of rotatable bonds is 6. The van der Waals surface area contributed by atoms with Crippen LogP contribution in [0.3, 0.4) is 0 Å². The van der Waals surface area contributed by atoms with E-state index in [2.05, 4.69) is 29.1 Å². The van der Waals surface area contributed by atoms with Gasteiger partial charge in [-0.1, -0.05) is 13.3 Å². The summed E-state index contributed by atoms with van der Waals surface area (Å²) in [6.07, 6.45) is 1.65. The Hall–Kier alpha value is -0.650. The second-order valence-corrected chi connectivity index (χ2v) is 6.15. The largest absolute Gasteiger partial charge is 0.351 e. The van der Waals surface area contributed by atoms with Gasteiger partial charge in [-0.05, 0) is 27.3 Å². The van der Waals surface area contributed by atoms with Crippen molar-refractivity contribution in [2.75, 3.05) is 39.8 Å². The van der Waals surface area contributed by atoms with E-state index >= 15 is 0 Å². The van der Waals surface area contributed by atoms with E-state index in [1.54, 1.807) is 0 Å². The van der Waals surface area contributed by atoms with Crippen LogP contribution in [-0.2, 0) is 4.79 Å². The molecule has 19 heavy (non-hydrogen) atoms. The molecular weight excluding hydrogens is 240 g/mol. The monoisotopic (exact) mass is 270 g/mol. The quantitative estimate of drug-likeness (QED) is 0.726. The van der Waals surface area contributed by atoms with Gasteiger partial charge in [0.25, 0.3) is 0 Å². The van der Waals surface area contributed by atoms with Crippen molar-refractivity contribution in [1.82, 2.24) is 15.1 Å². The molecule has 0 bridgehead atoms. The summed E-state index contributed by atoms with van der Waals surface area (Å²) in [5.41, 5.74) is 5.29. The molecule has 1 saturated heterocycles. The number of nitrogens with zero attached hydrogens (tertiary/aromatic N) is 2. The minimum absolute atomic E-state index is 0.0315. The first-order valence-corrected chi connectivity index (χ1v) is 7.36. The van der Waals surface area contributed by atoms with Crippen LogP contribution in [0, 0.1) is 0 Å². The zero-order valence-electron chi connectivity index (χ0n) is 12.9. The Kier molecular flexibility index (Phi) is 6.23. The van der Waals surface area contributed by atoms with Gasteiger partial charge in [-0.2, -0.15) is 0 Å². The fraction of sp³-hybridized carbons (Fsp3) is 0.929. The lowest BCUT2D eigenvalue weighted by molar-refractivity contribution is -0.126. The Labute approximate surface area is 117 Å². The van der Waals surface area contributed by atoms with E-state index in [1.165, 1.54) is 0 Å². The lowest BCUT2D eigenvalue weighted by atomic mass is 9.96. The van der Waals surface area contributed by atoms with E-state index in [0.29, 0.717) is 0 Å². The number of nitrogens with two attached hydrogens (primary N) is 1. The first-order valence-electron chi connectivity index (χ1n) is 7.36. The highest BCUT2D eigenvalue weighted by molar-refractivity contribution is 5.85. The van der Waals surface area contributed by atoms with Gasteiger partial charge in [0.1, 0.15) is 0 Å². The maximum Gasteiger partial charge on any atom is 0.240 e. The van der Waals surface area contributed by atoms with Crippen molar-refractivity contribution in [2.24, 2.45) is 5.73 Å². The van der Waals surface area contributed by atoms with Gasteiger partial charge in [0.2, 0.25) is 5.91 Å². The highest BCUT2D eigenvalue weighted by Gasteiger charge is 2.28. The predicted octanol–water partition coefficient (Wildman–Crippen LogP) is 0.256. The Morgan fingerprint density at radius 2 is 1.95 bits per heavy atom. The van der Waals surface area contributed by atoms with E-state index in [0.717, 1.165) is 45.6 Å². The van der Waals surface area contributed by atoms with E-state index in [-0.39, 0.29) is 11.9 Å². The molecule has 0 aromatic heterocycles. The van der Waals surface area contributed by atoms with Crippen molar-refractivity contribution in [3.05, 3.63) is 0 Å². The van der Waals surface area contributed by atoms with Crippen LogP contribution in [0.15, 0.2) is 0 Å². The molecule has 2 unspecified atom stereocenters.